The molecule has 0 saturated carbocycles. The Labute approximate surface area is 174 Å². The van der Waals surface area contributed by atoms with Gasteiger partial charge in [-0.1, -0.05) is 84.6 Å². The highest BCUT2D eigenvalue weighted by atomic mass is 32.2. The highest BCUT2D eigenvalue weighted by Gasteiger charge is 2.26. The third kappa shape index (κ3) is 4.35. The Morgan fingerprint density at radius 2 is 1.62 bits per heavy atom. The molecule has 1 atom stereocenters. The number of fused-ring (bicyclic) bond motifs is 1. The largest absolute Gasteiger partial charge is 0.465 e. The third-order valence-corrected chi connectivity index (χ3v) is 5.85. The molecule has 0 fully saturated rings. The van der Waals surface area contributed by atoms with Crippen molar-refractivity contribution in [2.45, 2.75) is 23.9 Å². The van der Waals surface area contributed by atoms with Crippen LogP contribution >= 0.6 is 11.8 Å². The van der Waals surface area contributed by atoms with E-state index < -0.39 is 5.25 Å². The van der Waals surface area contributed by atoms with Crippen molar-refractivity contribution in [3.05, 3.63) is 96.1 Å². The number of esters is 1. The van der Waals surface area contributed by atoms with Gasteiger partial charge in [-0.05, 0) is 30.2 Å². The number of benzene rings is 3. The van der Waals surface area contributed by atoms with E-state index in [4.69, 9.17) is 9.72 Å². The monoisotopic (exact) mass is 402 g/mol. The maximum atomic E-state index is 12.8. The van der Waals surface area contributed by atoms with Crippen LogP contribution in [0.15, 0.2) is 90.1 Å². The maximum absolute atomic E-state index is 12.8. The molecular weight excluding hydrogens is 380 g/mol. The maximum Gasteiger partial charge on any atom is 0.324 e. The van der Waals surface area contributed by atoms with Crippen LogP contribution in [-0.4, -0.2) is 22.1 Å². The van der Waals surface area contributed by atoms with E-state index in [0.29, 0.717) is 13.2 Å². The number of carbonyl (C=O) groups is 1. The molecule has 0 N–H and O–H groups in total. The van der Waals surface area contributed by atoms with E-state index in [0.717, 1.165) is 21.8 Å². The molecule has 3 aromatic carbocycles. The van der Waals surface area contributed by atoms with Gasteiger partial charge in [-0.3, -0.25) is 4.79 Å². The van der Waals surface area contributed by atoms with Gasteiger partial charge in [0.15, 0.2) is 5.16 Å². The van der Waals surface area contributed by atoms with Crippen LogP contribution in [-0.2, 0) is 16.1 Å². The summed E-state index contributed by atoms with van der Waals surface area (Å²) in [7, 11) is 0. The van der Waals surface area contributed by atoms with Crippen LogP contribution in [0.2, 0.25) is 0 Å². The van der Waals surface area contributed by atoms with Crippen LogP contribution in [0.3, 0.4) is 0 Å². The van der Waals surface area contributed by atoms with Crippen LogP contribution < -0.4 is 0 Å². The minimum atomic E-state index is -0.470. The highest BCUT2D eigenvalue weighted by Crippen LogP contribution is 2.37. The SMILES string of the molecule is CCOC(=O)C(Sc1nc2ccccc2n1Cc1ccccc1)c1ccccc1. The van der Waals surface area contributed by atoms with E-state index in [9.17, 15) is 4.79 Å². The summed E-state index contributed by atoms with van der Waals surface area (Å²) in [6.07, 6.45) is 0. The molecule has 4 nitrogen and oxygen atoms in total. The van der Waals surface area contributed by atoms with E-state index >= 15 is 0 Å². The minimum Gasteiger partial charge on any atom is -0.465 e. The van der Waals surface area contributed by atoms with Gasteiger partial charge in [0.05, 0.1) is 24.2 Å². The Hall–Kier alpha value is -3.05. The lowest BCUT2D eigenvalue weighted by atomic mass is 10.1. The molecule has 0 saturated heterocycles. The zero-order valence-corrected chi connectivity index (χ0v) is 17.0. The zero-order chi connectivity index (χ0) is 20.1. The second-order valence-corrected chi connectivity index (χ2v) is 7.69. The summed E-state index contributed by atoms with van der Waals surface area (Å²) < 4.78 is 7.54. The average Bonchev–Trinajstić information content (AvgIpc) is 3.10. The standard InChI is InChI=1S/C24H22N2O2S/c1-2-28-23(27)22(19-13-7-4-8-14-19)29-24-25-20-15-9-10-16-21(20)26(24)17-18-11-5-3-6-12-18/h3-16,22H,2,17H2,1H3. The molecule has 0 bridgehead atoms. The highest BCUT2D eigenvalue weighted by molar-refractivity contribution is 8.00. The van der Waals surface area contributed by atoms with Gasteiger partial charge in [-0.2, -0.15) is 0 Å². The summed E-state index contributed by atoms with van der Waals surface area (Å²) in [5.41, 5.74) is 4.07. The van der Waals surface area contributed by atoms with E-state index in [1.165, 1.54) is 17.3 Å². The molecule has 0 radical (unpaired) electrons. The Bertz CT molecular complexity index is 1090. The Morgan fingerprint density at radius 1 is 0.966 bits per heavy atom. The van der Waals surface area contributed by atoms with E-state index in [1.807, 2.05) is 73.7 Å². The lowest BCUT2D eigenvalue weighted by Crippen LogP contribution is -2.14. The lowest BCUT2D eigenvalue weighted by molar-refractivity contribution is -0.142. The summed E-state index contributed by atoms with van der Waals surface area (Å²) in [6, 6.07) is 28.1. The number of ether oxygens (including phenoxy) is 1. The van der Waals surface area contributed by atoms with Crippen molar-refractivity contribution < 1.29 is 9.53 Å². The predicted molar refractivity (Wildman–Crippen MR) is 117 cm³/mol. The third-order valence-electron chi connectivity index (χ3n) is 4.63. The van der Waals surface area contributed by atoms with Crippen LogP contribution in [0, 0.1) is 0 Å². The number of aromatic nitrogens is 2. The molecule has 146 valence electrons. The van der Waals surface area contributed by atoms with Gasteiger partial charge in [0, 0.05) is 0 Å². The van der Waals surface area contributed by atoms with E-state index in [2.05, 4.69) is 22.8 Å². The minimum absolute atomic E-state index is 0.248. The molecule has 1 aromatic heterocycles. The first-order chi connectivity index (χ1) is 14.3. The van der Waals surface area contributed by atoms with E-state index in [1.54, 1.807) is 0 Å². The number of imidazole rings is 1. The van der Waals surface area contributed by atoms with Gasteiger partial charge >= 0.3 is 5.97 Å². The van der Waals surface area contributed by atoms with Crippen LogP contribution in [0.5, 0.6) is 0 Å². The molecule has 4 aromatic rings. The van der Waals surface area contributed by atoms with Crippen LogP contribution in [0.25, 0.3) is 11.0 Å². The fourth-order valence-electron chi connectivity index (χ4n) is 3.27. The van der Waals surface area contributed by atoms with Crippen molar-refractivity contribution in [3.63, 3.8) is 0 Å². The van der Waals surface area contributed by atoms with Crippen molar-refractivity contribution in [1.82, 2.24) is 9.55 Å². The summed E-state index contributed by atoms with van der Waals surface area (Å²) in [4.78, 5) is 17.6. The number of rotatable bonds is 7. The van der Waals surface area contributed by atoms with Crippen LogP contribution in [0.1, 0.15) is 23.3 Å². The van der Waals surface area contributed by atoms with Gasteiger partial charge in [0.25, 0.3) is 0 Å². The first kappa shape index (κ1) is 19.3. The number of nitrogens with zero attached hydrogens (tertiary/aromatic N) is 2. The van der Waals surface area contributed by atoms with Gasteiger partial charge in [0.1, 0.15) is 5.25 Å². The first-order valence-electron chi connectivity index (χ1n) is 9.63. The second kappa shape index (κ2) is 8.97. The smallest absolute Gasteiger partial charge is 0.324 e. The van der Waals surface area contributed by atoms with E-state index in [-0.39, 0.29) is 5.97 Å². The number of carbonyl (C=O) groups excluding carboxylic acids is 1. The van der Waals surface area contributed by atoms with Gasteiger partial charge in [0.2, 0.25) is 0 Å². The first-order valence-corrected chi connectivity index (χ1v) is 10.5. The molecule has 5 heteroatoms. The molecule has 1 unspecified atom stereocenters. The molecule has 0 aliphatic carbocycles. The molecule has 0 spiro atoms. The average molecular weight is 403 g/mol. The van der Waals surface area contributed by atoms with Gasteiger partial charge < -0.3 is 9.30 Å². The Kier molecular flexibility index (Phi) is 5.96. The van der Waals surface area contributed by atoms with Gasteiger partial charge in [-0.25, -0.2) is 4.98 Å². The molecular formula is C24H22N2O2S. The number of hydrogen-bond donors (Lipinski definition) is 0. The molecule has 0 aliphatic heterocycles. The number of thioether (sulfide) groups is 1. The Balaban J connectivity index is 1.75. The summed E-state index contributed by atoms with van der Waals surface area (Å²) in [5.74, 6) is -0.248. The molecule has 0 amide bonds. The van der Waals surface area contributed by atoms with Gasteiger partial charge in [-0.15, -0.1) is 0 Å². The molecule has 4 rings (SSSR count). The topological polar surface area (TPSA) is 44.1 Å². The quantitative estimate of drug-likeness (QED) is 0.303. The normalized spacial score (nSPS) is 12.0. The fourth-order valence-corrected chi connectivity index (χ4v) is 4.38. The Morgan fingerprint density at radius 3 is 2.34 bits per heavy atom. The molecule has 0 aliphatic rings. The van der Waals surface area contributed by atoms with Crippen molar-refractivity contribution in [2.24, 2.45) is 0 Å². The zero-order valence-electron chi connectivity index (χ0n) is 16.2. The predicted octanol–water partition coefficient (Wildman–Crippen LogP) is 5.48. The molecule has 29 heavy (non-hydrogen) atoms. The summed E-state index contributed by atoms with van der Waals surface area (Å²) in [6.45, 7) is 2.87. The molecule has 1 heterocycles. The lowest BCUT2D eigenvalue weighted by Gasteiger charge is -2.16. The number of hydrogen-bond acceptors (Lipinski definition) is 4. The summed E-state index contributed by atoms with van der Waals surface area (Å²) in [5, 5.41) is 0.333. The fraction of sp³-hybridized carbons (Fsp3) is 0.167. The number of para-hydroxylation sites is 2. The van der Waals surface area contributed by atoms with Crippen molar-refractivity contribution in [1.29, 1.82) is 0 Å². The van der Waals surface area contributed by atoms with Crippen molar-refractivity contribution >= 4 is 28.8 Å². The van der Waals surface area contributed by atoms with Crippen molar-refractivity contribution in [2.75, 3.05) is 6.61 Å². The second-order valence-electron chi connectivity index (χ2n) is 6.62. The summed E-state index contributed by atoms with van der Waals surface area (Å²) >= 11 is 1.44. The van der Waals surface area contributed by atoms with Crippen LogP contribution in [0.4, 0.5) is 0 Å². The van der Waals surface area contributed by atoms with Crippen molar-refractivity contribution in [3.8, 4) is 0 Å².